The van der Waals surface area contributed by atoms with Gasteiger partial charge < -0.3 is 16.0 Å². The smallest absolute Gasteiger partial charge is 0.194 e. The quantitative estimate of drug-likeness (QED) is 0.473. The zero-order valence-electron chi connectivity index (χ0n) is 15.3. The van der Waals surface area contributed by atoms with Crippen LogP contribution in [0.2, 0.25) is 0 Å². The molecule has 0 aliphatic heterocycles. The summed E-state index contributed by atoms with van der Waals surface area (Å²) in [4.78, 5) is 0.393. The maximum absolute atomic E-state index is 12.8. The van der Waals surface area contributed by atoms with Crippen LogP contribution in [0.5, 0.6) is 0 Å². The number of nitrogens with one attached hydrogen (secondary N) is 3. The van der Waals surface area contributed by atoms with Crippen LogP contribution in [0.3, 0.4) is 0 Å². The Bertz CT molecular complexity index is 544. The average molecular weight is 356 g/mol. The van der Waals surface area contributed by atoms with Gasteiger partial charge in [0, 0.05) is 0 Å². The maximum atomic E-state index is 12.8. The molecule has 0 aliphatic rings. The number of unbranched alkanes of at least 4 members (excludes halogenated alkanes) is 1. The maximum Gasteiger partial charge on any atom is 0.194 e. The third-order valence-corrected chi connectivity index (χ3v) is 6.03. The average Bonchev–Trinajstić information content (AvgIpc) is 2.56. The number of rotatable bonds is 13. The Morgan fingerprint density at radius 2 is 1.54 bits per heavy atom. The van der Waals surface area contributed by atoms with Crippen molar-refractivity contribution in [2.24, 2.45) is 0 Å². The Kier molecular flexibility index (Phi) is 10.2. The first-order valence-corrected chi connectivity index (χ1v) is 10.5. The second-order valence-electron chi connectivity index (χ2n) is 6.00. The first-order chi connectivity index (χ1) is 11.5. The molecule has 1 aromatic carbocycles. The van der Waals surface area contributed by atoms with Crippen LogP contribution in [0, 0.1) is 6.92 Å². The third kappa shape index (κ3) is 7.30. The van der Waals surface area contributed by atoms with E-state index >= 15 is 0 Å². The molecule has 0 aromatic heterocycles. The third-order valence-electron chi connectivity index (χ3n) is 3.95. The summed E-state index contributed by atoms with van der Waals surface area (Å²) in [6.07, 6.45) is 2.81. The molecule has 24 heavy (non-hydrogen) atoms. The van der Waals surface area contributed by atoms with Crippen LogP contribution in [-0.2, 0) is 9.84 Å². The van der Waals surface area contributed by atoms with Gasteiger partial charge in [-0.1, -0.05) is 31.5 Å². The Morgan fingerprint density at radius 3 is 2.12 bits per heavy atom. The van der Waals surface area contributed by atoms with E-state index in [1.165, 1.54) is 0 Å². The summed E-state index contributed by atoms with van der Waals surface area (Å²) in [6, 6.07) is 7.09. The Hall–Kier alpha value is -0.950. The van der Waals surface area contributed by atoms with E-state index in [9.17, 15) is 8.42 Å². The lowest BCUT2D eigenvalue weighted by atomic mass is 10.2. The van der Waals surface area contributed by atoms with Crippen LogP contribution in [-0.4, -0.2) is 46.5 Å². The van der Waals surface area contributed by atoms with Crippen LogP contribution >= 0.6 is 0 Å². The largest absolute Gasteiger partial charge is 0.317 e. The molecule has 0 amide bonds. The molecule has 1 rings (SSSR count). The normalized spacial score (nSPS) is 13.1. The van der Waals surface area contributed by atoms with Crippen molar-refractivity contribution >= 4 is 9.84 Å². The summed E-state index contributed by atoms with van der Waals surface area (Å²) in [5.41, 5.74) is 1.06. The minimum absolute atomic E-state index is 0.393. The van der Waals surface area contributed by atoms with E-state index in [1.807, 2.05) is 26.0 Å². The predicted molar refractivity (Wildman–Crippen MR) is 101 cm³/mol. The zero-order chi connectivity index (χ0) is 17.8. The highest BCUT2D eigenvalue weighted by molar-refractivity contribution is 7.92. The molecule has 0 saturated carbocycles. The highest BCUT2D eigenvalue weighted by Gasteiger charge is 2.26. The molecule has 1 unspecified atom stereocenters. The fourth-order valence-corrected chi connectivity index (χ4v) is 4.18. The van der Waals surface area contributed by atoms with E-state index < -0.39 is 15.2 Å². The summed E-state index contributed by atoms with van der Waals surface area (Å²) in [5.74, 6) is 0. The van der Waals surface area contributed by atoms with Gasteiger partial charge in [0.15, 0.2) is 9.84 Å². The minimum atomic E-state index is -3.35. The molecule has 0 saturated heterocycles. The van der Waals surface area contributed by atoms with Gasteiger partial charge in [0.05, 0.1) is 4.90 Å². The van der Waals surface area contributed by atoms with E-state index in [-0.39, 0.29) is 0 Å². The summed E-state index contributed by atoms with van der Waals surface area (Å²) in [7, 11) is -3.35. The van der Waals surface area contributed by atoms with Crippen molar-refractivity contribution in [1.29, 1.82) is 0 Å². The number of hydrogen-bond acceptors (Lipinski definition) is 5. The van der Waals surface area contributed by atoms with E-state index in [2.05, 4.69) is 22.9 Å². The second kappa shape index (κ2) is 11.6. The fourth-order valence-electron chi connectivity index (χ4n) is 2.52. The zero-order valence-corrected chi connectivity index (χ0v) is 16.1. The lowest BCUT2D eigenvalue weighted by molar-refractivity contribution is 0.516. The van der Waals surface area contributed by atoms with Gasteiger partial charge in [-0.2, -0.15) is 0 Å². The molecule has 0 heterocycles. The van der Waals surface area contributed by atoms with Crippen molar-refractivity contribution in [2.45, 2.75) is 50.3 Å². The molecule has 5 nitrogen and oxygen atoms in total. The Balaban J connectivity index is 2.46. The Labute approximate surface area is 147 Å². The lowest BCUT2D eigenvalue weighted by Crippen LogP contribution is -2.39. The molecule has 0 fully saturated rings. The summed E-state index contributed by atoms with van der Waals surface area (Å²) in [5, 5.41) is 9.23. The van der Waals surface area contributed by atoms with Crippen LogP contribution < -0.4 is 16.0 Å². The molecule has 6 heteroatoms. The highest BCUT2D eigenvalue weighted by Crippen LogP contribution is 2.17. The van der Waals surface area contributed by atoms with Crippen molar-refractivity contribution in [3.8, 4) is 0 Å². The minimum Gasteiger partial charge on any atom is -0.317 e. The van der Waals surface area contributed by atoms with E-state index in [1.54, 1.807) is 12.1 Å². The van der Waals surface area contributed by atoms with Gasteiger partial charge in [-0.25, -0.2) is 8.42 Å². The summed E-state index contributed by atoms with van der Waals surface area (Å²) >= 11 is 0. The van der Waals surface area contributed by atoms with E-state index in [0.717, 1.165) is 38.0 Å². The molecule has 0 bridgehead atoms. The molecule has 1 aromatic rings. The molecular formula is C18H33N3O2S. The lowest BCUT2D eigenvalue weighted by Gasteiger charge is -2.19. The SMILES string of the molecule is CCNCCCCNCCC(NCC)S(=O)(=O)c1ccc(C)cc1. The van der Waals surface area contributed by atoms with Gasteiger partial charge in [-0.3, -0.25) is 0 Å². The number of hydrogen-bond donors (Lipinski definition) is 3. The second-order valence-corrected chi connectivity index (χ2v) is 8.13. The van der Waals surface area contributed by atoms with Gasteiger partial charge >= 0.3 is 0 Å². The topological polar surface area (TPSA) is 70.2 Å². The fraction of sp³-hybridized carbons (Fsp3) is 0.667. The molecule has 3 N–H and O–H groups in total. The first-order valence-electron chi connectivity index (χ1n) is 8.97. The van der Waals surface area contributed by atoms with Crippen molar-refractivity contribution < 1.29 is 8.42 Å². The standard InChI is InChI=1S/C18H33N3O2S/c1-4-19-13-6-7-14-20-15-12-18(21-5-2)24(22,23)17-10-8-16(3)9-11-17/h8-11,18-21H,4-7,12-15H2,1-3H3. The number of aryl methyl sites for hydroxylation is 1. The molecule has 0 radical (unpaired) electrons. The predicted octanol–water partition coefficient (Wildman–Crippen LogP) is 2.07. The van der Waals surface area contributed by atoms with Crippen LogP contribution in [0.1, 0.15) is 38.7 Å². The van der Waals surface area contributed by atoms with Gasteiger partial charge in [-0.05, 0) is 71.0 Å². The molecule has 0 aliphatic carbocycles. The van der Waals surface area contributed by atoms with Crippen molar-refractivity contribution in [2.75, 3.05) is 32.7 Å². The van der Waals surface area contributed by atoms with E-state index in [0.29, 0.717) is 24.4 Å². The van der Waals surface area contributed by atoms with Crippen molar-refractivity contribution in [3.63, 3.8) is 0 Å². The number of benzene rings is 1. The van der Waals surface area contributed by atoms with Gasteiger partial charge in [-0.15, -0.1) is 0 Å². The van der Waals surface area contributed by atoms with E-state index in [4.69, 9.17) is 0 Å². The van der Waals surface area contributed by atoms with Gasteiger partial charge in [0.2, 0.25) is 0 Å². The molecule has 0 spiro atoms. The van der Waals surface area contributed by atoms with Gasteiger partial charge in [0.25, 0.3) is 0 Å². The number of sulfone groups is 1. The molecular weight excluding hydrogens is 322 g/mol. The van der Waals surface area contributed by atoms with Crippen molar-refractivity contribution in [1.82, 2.24) is 16.0 Å². The highest BCUT2D eigenvalue weighted by atomic mass is 32.2. The molecule has 1 atom stereocenters. The monoisotopic (exact) mass is 355 g/mol. The molecule has 138 valence electrons. The Morgan fingerprint density at radius 1 is 0.917 bits per heavy atom. The van der Waals surface area contributed by atoms with Crippen molar-refractivity contribution in [3.05, 3.63) is 29.8 Å². The summed E-state index contributed by atoms with van der Waals surface area (Å²) in [6.45, 7) is 10.3. The van der Waals surface area contributed by atoms with Crippen LogP contribution in [0.25, 0.3) is 0 Å². The van der Waals surface area contributed by atoms with Crippen LogP contribution in [0.4, 0.5) is 0 Å². The summed E-state index contributed by atoms with van der Waals surface area (Å²) < 4.78 is 25.5. The first kappa shape index (κ1) is 21.1. The van der Waals surface area contributed by atoms with Gasteiger partial charge in [0.1, 0.15) is 5.37 Å². The van der Waals surface area contributed by atoms with Crippen LogP contribution in [0.15, 0.2) is 29.2 Å².